The van der Waals surface area contributed by atoms with E-state index in [9.17, 15) is 8.42 Å². The molecular formula is C19H28N5O2S2+. The fourth-order valence-corrected chi connectivity index (χ4v) is 5.10. The molecule has 152 valence electrons. The molecule has 0 bridgehead atoms. The van der Waals surface area contributed by atoms with Crippen LogP contribution >= 0.6 is 12.2 Å². The molecule has 3 rings (SSSR count). The van der Waals surface area contributed by atoms with Crippen molar-refractivity contribution in [2.24, 2.45) is 0 Å². The van der Waals surface area contributed by atoms with Crippen LogP contribution in [0.1, 0.15) is 18.9 Å². The number of hydrogen-bond donors (Lipinski definition) is 1. The van der Waals surface area contributed by atoms with Crippen LogP contribution in [-0.4, -0.2) is 53.2 Å². The normalized spacial score (nSPS) is 16.3. The molecule has 1 fully saturated rings. The molecule has 1 aliphatic rings. The monoisotopic (exact) mass is 422 g/mol. The van der Waals surface area contributed by atoms with Crippen LogP contribution in [0.2, 0.25) is 0 Å². The first-order valence-electron chi connectivity index (χ1n) is 9.61. The highest BCUT2D eigenvalue weighted by molar-refractivity contribution is 7.89. The van der Waals surface area contributed by atoms with E-state index < -0.39 is 10.0 Å². The number of quaternary nitrogens is 1. The quantitative estimate of drug-likeness (QED) is 0.511. The Morgan fingerprint density at radius 3 is 2.54 bits per heavy atom. The van der Waals surface area contributed by atoms with Crippen LogP contribution in [0.3, 0.4) is 0 Å². The van der Waals surface area contributed by atoms with Crippen molar-refractivity contribution in [3.8, 4) is 0 Å². The van der Waals surface area contributed by atoms with Crippen LogP contribution in [-0.2, 0) is 29.7 Å². The van der Waals surface area contributed by atoms with E-state index in [2.05, 4.69) is 18.6 Å². The second-order valence-corrected chi connectivity index (χ2v) is 9.36. The van der Waals surface area contributed by atoms with Crippen molar-refractivity contribution in [3.05, 3.63) is 53.6 Å². The fraction of sp³-hybridized carbons (Fsp3) is 0.474. The Morgan fingerprint density at radius 2 is 1.93 bits per heavy atom. The molecule has 28 heavy (non-hydrogen) atoms. The van der Waals surface area contributed by atoms with Gasteiger partial charge in [0.05, 0.1) is 31.1 Å². The third-order valence-electron chi connectivity index (χ3n) is 5.03. The average Bonchev–Trinajstić information content (AvgIpc) is 3.03. The number of nitrogens with zero attached hydrogens (tertiary/aromatic N) is 4. The van der Waals surface area contributed by atoms with Crippen molar-refractivity contribution in [2.75, 3.05) is 26.2 Å². The number of hydrogen-bond acceptors (Lipinski definition) is 4. The van der Waals surface area contributed by atoms with Crippen LogP contribution in [0, 0.1) is 4.77 Å². The summed E-state index contributed by atoms with van der Waals surface area (Å²) in [6.07, 6.45) is 5.51. The highest BCUT2D eigenvalue weighted by Crippen LogP contribution is 2.17. The predicted octanol–water partition coefficient (Wildman–Crippen LogP) is 1.10. The van der Waals surface area contributed by atoms with E-state index in [1.165, 1.54) is 10.5 Å². The third-order valence-corrected chi connectivity index (χ3v) is 7.38. The van der Waals surface area contributed by atoms with Crippen molar-refractivity contribution in [3.63, 3.8) is 0 Å². The molecule has 0 amide bonds. The first kappa shape index (κ1) is 20.9. The summed E-state index contributed by atoms with van der Waals surface area (Å²) in [6.45, 7) is 9.55. The lowest BCUT2D eigenvalue weighted by Gasteiger charge is -2.31. The van der Waals surface area contributed by atoms with Crippen LogP contribution in [0.15, 0.2) is 48.1 Å². The summed E-state index contributed by atoms with van der Waals surface area (Å²) in [5, 5.41) is 4.34. The van der Waals surface area contributed by atoms with Crippen LogP contribution < -0.4 is 4.90 Å². The zero-order valence-electron chi connectivity index (χ0n) is 16.2. The standard InChI is InChI=1S/C19H27N5O2S2/c1-3-5-17-6-8-18(9-7-17)28(25,26)23-13-11-21(12-14-23)16-24-19(27)22(10-4-2)15-20-24/h4,6-9,15H,2-3,5,10-14,16H2,1H3/p+1. The zero-order chi connectivity index (χ0) is 20.1. The Bertz CT molecular complexity index is 955. The number of aromatic nitrogens is 3. The first-order valence-corrected chi connectivity index (χ1v) is 11.5. The molecule has 0 saturated carbocycles. The predicted molar refractivity (Wildman–Crippen MR) is 111 cm³/mol. The van der Waals surface area contributed by atoms with Crippen LogP contribution in [0.4, 0.5) is 0 Å². The maximum absolute atomic E-state index is 12.9. The van der Waals surface area contributed by atoms with Gasteiger partial charge in [-0.15, -0.1) is 6.58 Å². The Morgan fingerprint density at radius 1 is 1.25 bits per heavy atom. The summed E-state index contributed by atoms with van der Waals surface area (Å²) < 4.78 is 31.7. The third kappa shape index (κ3) is 4.60. The molecule has 1 aliphatic heterocycles. The van der Waals surface area contributed by atoms with Gasteiger partial charge in [-0.2, -0.15) is 14.1 Å². The van der Waals surface area contributed by atoms with Gasteiger partial charge in [-0.1, -0.05) is 31.6 Å². The van der Waals surface area contributed by atoms with Crippen molar-refractivity contribution in [1.29, 1.82) is 0 Å². The van der Waals surface area contributed by atoms with Gasteiger partial charge >= 0.3 is 0 Å². The molecule has 0 radical (unpaired) electrons. The lowest BCUT2D eigenvalue weighted by Crippen LogP contribution is -3.14. The number of rotatable bonds is 8. The van der Waals surface area contributed by atoms with Gasteiger partial charge in [0, 0.05) is 6.54 Å². The van der Waals surface area contributed by atoms with E-state index in [0.717, 1.165) is 25.9 Å². The molecule has 2 aromatic rings. The maximum Gasteiger partial charge on any atom is 0.243 e. The Labute approximate surface area is 171 Å². The molecule has 7 nitrogen and oxygen atoms in total. The summed E-state index contributed by atoms with van der Waals surface area (Å²) in [5.41, 5.74) is 1.17. The lowest BCUT2D eigenvalue weighted by molar-refractivity contribution is -0.926. The van der Waals surface area contributed by atoms with E-state index >= 15 is 0 Å². The second-order valence-electron chi connectivity index (χ2n) is 7.06. The molecule has 0 aliphatic carbocycles. The zero-order valence-corrected chi connectivity index (χ0v) is 17.9. The SMILES string of the molecule is C=CCn1cnn(C[NH+]2CCN(S(=O)(=O)c3ccc(CCC)cc3)CC2)c1=S. The van der Waals surface area contributed by atoms with E-state index in [4.69, 9.17) is 12.2 Å². The van der Waals surface area contributed by atoms with Gasteiger partial charge in [0.25, 0.3) is 0 Å². The summed E-state index contributed by atoms with van der Waals surface area (Å²) in [5.74, 6) is 0. The molecular weight excluding hydrogens is 394 g/mol. The highest BCUT2D eigenvalue weighted by Gasteiger charge is 2.30. The second kappa shape index (κ2) is 9.13. The van der Waals surface area contributed by atoms with Crippen molar-refractivity contribution in [2.45, 2.75) is 37.9 Å². The first-order chi connectivity index (χ1) is 13.5. The van der Waals surface area contributed by atoms with Crippen LogP contribution in [0.5, 0.6) is 0 Å². The molecule has 1 aromatic heterocycles. The van der Waals surface area contributed by atoms with Gasteiger partial charge in [-0.05, 0) is 36.3 Å². The van der Waals surface area contributed by atoms with Gasteiger partial charge in [0.2, 0.25) is 14.8 Å². The average molecular weight is 423 g/mol. The number of benzene rings is 1. The molecule has 0 unspecified atom stereocenters. The minimum Gasteiger partial charge on any atom is -0.314 e. The molecule has 2 heterocycles. The van der Waals surface area contributed by atoms with E-state index in [-0.39, 0.29) is 0 Å². The number of piperazine rings is 1. The molecule has 0 spiro atoms. The highest BCUT2D eigenvalue weighted by atomic mass is 32.2. The Balaban J connectivity index is 1.61. The largest absolute Gasteiger partial charge is 0.314 e. The van der Waals surface area contributed by atoms with Crippen molar-refractivity contribution < 1.29 is 13.3 Å². The summed E-state index contributed by atoms with van der Waals surface area (Å²) in [6, 6.07) is 7.29. The summed E-state index contributed by atoms with van der Waals surface area (Å²) >= 11 is 5.43. The summed E-state index contributed by atoms with van der Waals surface area (Å²) in [4.78, 5) is 1.64. The molecule has 1 aromatic carbocycles. The van der Waals surface area contributed by atoms with Gasteiger partial charge in [0.1, 0.15) is 6.33 Å². The van der Waals surface area contributed by atoms with E-state index in [0.29, 0.717) is 36.0 Å². The topological polar surface area (TPSA) is 64.6 Å². The van der Waals surface area contributed by atoms with Gasteiger partial charge in [-0.25, -0.2) is 8.42 Å². The van der Waals surface area contributed by atoms with Gasteiger partial charge in [-0.3, -0.25) is 0 Å². The van der Waals surface area contributed by atoms with Crippen LogP contribution in [0.25, 0.3) is 0 Å². The van der Waals surface area contributed by atoms with Crippen molar-refractivity contribution in [1.82, 2.24) is 18.7 Å². The number of sulfonamides is 1. The maximum atomic E-state index is 12.9. The number of allylic oxidation sites excluding steroid dienone is 1. The van der Waals surface area contributed by atoms with Gasteiger partial charge < -0.3 is 9.47 Å². The van der Waals surface area contributed by atoms with Crippen molar-refractivity contribution >= 4 is 22.2 Å². The minimum absolute atomic E-state index is 0.376. The molecule has 1 N–H and O–H groups in total. The lowest BCUT2D eigenvalue weighted by atomic mass is 10.1. The smallest absolute Gasteiger partial charge is 0.243 e. The van der Waals surface area contributed by atoms with Gasteiger partial charge in [0.15, 0.2) is 6.67 Å². The van der Waals surface area contributed by atoms with E-state index in [1.54, 1.807) is 33.5 Å². The van der Waals surface area contributed by atoms with E-state index in [1.807, 2.05) is 16.7 Å². The Hall–Kier alpha value is -1.81. The summed E-state index contributed by atoms with van der Waals surface area (Å²) in [7, 11) is -3.44. The number of aryl methyl sites for hydroxylation is 1. The minimum atomic E-state index is -3.44. The number of nitrogens with one attached hydrogen (secondary N) is 1. The Kier molecular flexibility index (Phi) is 6.82. The molecule has 1 saturated heterocycles. The molecule has 9 heteroatoms. The molecule has 0 atom stereocenters. The fourth-order valence-electron chi connectivity index (χ4n) is 3.42.